The Morgan fingerprint density at radius 1 is 0.580 bits per heavy atom. The van der Waals surface area contributed by atoms with Gasteiger partial charge in [-0.15, -0.1) is 0 Å². The van der Waals surface area contributed by atoms with Crippen LogP contribution in [0, 0.1) is 13.8 Å². The van der Waals surface area contributed by atoms with E-state index in [0.717, 1.165) is 34.4 Å². The average molecular weight is 690 g/mol. The molecule has 5 rings (SSSR count). The highest BCUT2D eigenvalue weighted by Crippen LogP contribution is 2.60. The van der Waals surface area contributed by atoms with E-state index in [-0.39, 0.29) is 5.60 Å². The van der Waals surface area contributed by atoms with Gasteiger partial charge in [-0.1, -0.05) is 151 Å². The Bertz CT molecular complexity index is 1530. The molecule has 0 spiro atoms. The molecular weight excluding hydrogens is 627 g/mol. The van der Waals surface area contributed by atoms with Crippen molar-refractivity contribution >= 4 is 29.3 Å². The number of aromatic hydroxyl groups is 1. The van der Waals surface area contributed by atoms with Gasteiger partial charge < -0.3 is 9.84 Å². The molecule has 2 nitrogen and oxygen atoms in total. The van der Waals surface area contributed by atoms with E-state index < -0.39 is 7.26 Å². The zero-order valence-corrected chi connectivity index (χ0v) is 32.3. The van der Waals surface area contributed by atoms with Gasteiger partial charge in [0.05, 0.1) is 0 Å². The van der Waals surface area contributed by atoms with Gasteiger partial charge in [0.1, 0.15) is 46.4 Å². The number of hydrogen-bond donors (Lipinski definition) is 1. The van der Waals surface area contributed by atoms with Crippen LogP contribution < -0.4 is 20.7 Å². The number of phenols is 1. The molecule has 0 radical (unpaired) electrons. The van der Waals surface area contributed by atoms with Gasteiger partial charge in [-0.2, -0.15) is 0 Å². The Kier molecular flexibility index (Phi) is 14.2. The second-order valence-corrected chi connectivity index (χ2v) is 18.4. The Hall–Kier alpha value is -3.35. The molecule has 0 amide bonds. The Labute approximate surface area is 304 Å². The molecule has 50 heavy (non-hydrogen) atoms. The summed E-state index contributed by atoms with van der Waals surface area (Å²) in [5.41, 5.74) is 3.64. The number of unbranched alkanes of at least 4 members (excludes halogenated alkanes) is 13. The van der Waals surface area contributed by atoms with Crippen LogP contribution in [0.3, 0.4) is 0 Å². The first-order valence-electron chi connectivity index (χ1n) is 19.7. The number of fused-ring (bicyclic) bond motifs is 1. The van der Waals surface area contributed by atoms with Crippen LogP contribution in [0.4, 0.5) is 0 Å². The van der Waals surface area contributed by atoms with E-state index in [0.29, 0.717) is 11.9 Å². The Balaban J connectivity index is 1.29. The second kappa shape index (κ2) is 18.8. The van der Waals surface area contributed by atoms with Crippen molar-refractivity contribution in [2.75, 3.05) is 0 Å². The van der Waals surface area contributed by atoms with Gasteiger partial charge in [0.2, 0.25) is 0 Å². The van der Waals surface area contributed by atoms with Crippen molar-refractivity contribution in [3.8, 4) is 11.5 Å². The monoisotopic (exact) mass is 689 g/mol. The molecule has 3 heteroatoms. The predicted molar refractivity (Wildman–Crippen MR) is 219 cm³/mol. The van der Waals surface area contributed by atoms with Crippen molar-refractivity contribution in [1.82, 2.24) is 0 Å². The van der Waals surface area contributed by atoms with Crippen LogP contribution >= 0.6 is 7.26 Å². The lowest BCUT2D eigenvalue weighted by atomic mass is 9.89. The van der Waals surface area contributed by atoms with E-state index in [1.54, 1.807) is 0 Å². The van der Waals surface area contributed by atoms with Crippen LogP contribution in [0.1, 0.15) is 132 Å². The fourth-order valence-corrected chi connectivity index (χ4v) is 12.1. The zero-order chi connectivity index (χ0) is 35.2. The maximum Gasteiger partial charge on any atom is 0.131 e. The third-order valence-corrected chi connectivity index (χ3v) is 15.4. The standard InChI is InChI=1S/C47H61O2P/c1-5-6-7-8-9-10-11-12-13-14-15-16-17-27-35-47(4)36-34-43-44(45(48)38(2)39(3)46(43)49-47)37-50(40-28-21-18-22-29-40,41-30-23-19-24-31-41)42-32-25-20-26-33-42/h18-26,28-34,36H,5-17,27,35,37H2,1-4H3/p+1. The number of rotatable bonds is 20. The average Bonchev–Trinajstić information content (AvgIpc) is 3.15. The number of benzene rings is 4. The van der Waals surface area contributed by atoms with Crippen molar-refractivity contribution in [2.45, 2.75) is 136 Å². The fourth-order valence-electron chi connectivity index (χ4n) is 7.85. The summed E-state index contributed by atoms with van der Waals surface area (Å²) in [7, 11) is -2.21. The number of hydrogen-bond acceptors (Lipinski definition) is 2. The molecule has 1 aliphatic heterocycles. The molecule has 0 saturated carbocycles. The van der Waals surface area contributed by atoms with E-state index in [1.165, 1.54) is 106 Å². The fraction of sp³-hybridized carbons (Fsp3) is 0.447. The second-order valence-electron chi connectivity index (χ2n) is 14.9. The van der Waals surface area contributed by atoms with Crippen molar-refractivity contribution in [2.24, 2.45) is 0 Å². The van der Waals surface area contributed by atoms with Crippen LogP contribution in [0.2, 0.25) is 0 Å². The SMILES string of the molecule is CCCCCCCCCCCCCCCCC1(C)C=Cc2c(C[P+](c3ccccc3)(c3ccccc3)c3ccccc3)c(O)c(C)c(C)c2O1. The van der Waals surface area contributed by atoms with Gasteiger partial charge in [-0.25, -0.2) is 0 Å². The zero-order valence-electron chi connectivity index (χ0n) is 31.4. The Morgan fingerprint density at radius 3 is 1.44 bits per heavy atom. The van der Waals surface area contributed by atoms with Crippen LogP contribution in [-0.4, -0.2) is 10.7 Å². The quantitative estimate of drug-likeness (QED) is 0.0739. The summed E-state index contributed by atoms with van der Waals surface area (Å²) in [5.74, 6) is 1.34. The first-order valence-corrected chi connectivity index (χ1v) is 21.6. The summed E-state index contributed by atoms with van der Waals surface area (Å²) in [4.78, 5) is 0. The van der Waals surface area contributed by atoms with E-state index in [4.69, 9.17) is 4.74 Å². The van der Waals surface area contributed by atoms with Crippen LogP contribution in [-0.2, 0) is 6.16 Å². The lowest BCUT2D eigenvalue weighted by Crippen LogP contribution is -2.34. The van der Waals surface area contributed by atoms with Crippen molar-refractivity contribution < 1.29 is 9.84 Å². The summed E-state index contributed by atoms with van der Waals surface area (Å²) < 4.78 is 6.99. The summed E-state index contributed by atoms with van der Waals surface area (Å²) >= 11 is 0. The maximum atomic E-state index is 11.9. The molecule has 4 aromatic rings. The predicted octanol–water partition coefficient (Wildman–Crippen LogP) is 12.5. The highest BCUT2D eigenvalue weighted by Gasteiger charge is 2.47. The number of ether oxygens (including phenoxy) is 1. The molecule has 0 fully saturated rings. The summed E-state index contributed by atoms with van der Waals surface area (Å²) in [6.45, 7) is 8.69. The topological polar surface area (TPSA) is 29.5 Å². The molecule has 1 unspecified atom stereocenters. The molecule has 0 saturated heterocycles. The van der Waals surface area contributed by atoms with Gasteiger partial charge in [0, 0.05) is 11.1 Å². The van der Waals surface area contributed by atoms with Gasteiger partial charge in [0.25, 0.3) is 0 Å². The molecular formula is C47H62O2P+. The maximum absolute atomic E-state index is 11.9. The lowest BCUT2D eigenvalue weighted by Gasteiger charge is -2.35. The van der Waals surface area contributed by atoms with Crippen LogP contribution in [0.25, 0.3) is 6.08 Å². The Morgan fingerprint density at radius 2 is 1.00 bits per heavy atom. The van der Waals surface area contributed by atoms with Gasteiger partial charge >= 0.3 is 0 Å². The molecule has 0 aromatic heterocycles. The lowest BCUT2D eigenvalue weighted by molar-refractivity contribution is 0.122. The van der Waals surface area contributed by atoms with Crippen LogP contribution in [0.15, 0.2) is 97.1 Å². The number of phenolic OH excluding ortho intramolecular Hbond substituents is 1. The van der Waals surface area contributed by atoms with Crippen molar-refractivity contribution in [3.05, 3.63) is 119 Å². The summed E-state index contributed by atoms with van der Waals surface area (Å²) in [6.07, 6.45) is 25.4. The third-order valence-electron chi connectivity index (χ3n) is 11.1. The molecule has 1 N–H and O–H groups in total. The third kappa shape index (κ3) is 9.30. The molecule has 1 heterocycles. The highest BCUT2D eigenvalue weighted by atomic mass is 31.2. The molecule has 1 atom stereocenters. The van der Waals surface area contributed by atoms with Gasteiger partial charge in [-0.3, -0.25) is 0 Å². The van der Waals surface area contributed by atoms with Crippen LogP contribution in [0.5, 0.6) is 11.5 Å². The molecule has 266 valence electrons. The van der Waals surface area contributed by atoms with Crippen molar-refractivity contribution in [1.29, 1.82) is 0 Å². The summed E-state index contributed by atoms with van der Waals surface area (Å²) in [6, 6.07) is 32.8. The normalized spacial score (nSPS) is 15.5. The van der Waals surface area contributed by atoms with E-state index in [1.807, 2.05) is 0 Å². The highest BCUT2D eigenvalue weighted by molar-refractivity contribution is 7.95. The van der Waals surface area contributed by atoms with E-state index >= 15 is 0 Å². The molecule has 1 aliphatic rings. The first kappa shape index (κ1) is 37.9. The van der Waals surface area contributed by atoms with E-state index in [2.05, 4.69) is 131 Å². The molecule has 0 bridgehead atoms. The van der Waals surface area contributed by atoms with E-state index in [9.17, 15) is 5.11 Å². The molecule has 0 aliphatic carbocycles. The molecule has 4 aromatic carbocycles. The smallest absolute Gasteiger partial charge is 0.131 e. The first-order chi connectivity index (χ1) is 24.4. The minimum Gasteiger partial charge on any atom is -0.507 e. The van der Waals surface area contributed by atoms with Gasteiger partial charge in [-0.05, 0) is 87.2 Å². The van der Waals surface area contributed by atoms with Gasteiger partial charge in [0.15, 0.2) is 0 Å². The van der Waals surface area contributed by atoms with Crippen molar-refractivity contribution in [3.63, 3.8) is 0 Å². The minimum absolute atomic E-state index is 0.347. The largest absolute Gasteiger partial charge is 0.507 e. The summed E-state index contributed by atoms with van der Waals surface area (Å²) in [5, 5.41) is 15.9. The minimum atomic E-state index is -2.21.